The summed E-state index contributed by atoms with van der Waals surface area (Å²) in [6.07, 6.45) is 1.18. The van der Waals surface area contributed by atoms with Crippen LogP contribution in [-0.4, -0.2) is 7.05 Å². The zero-order valence-corrected chi connectivity index (χ0v) is 14.9. The van der Waals surface area contributed by atoms with Crippen molar-refractivity contribution in [2.45, 2.75) is 39.2 Å². The number of benzene rings is 2. The van der Waals surface area contributed by atoms with Crippen LogP contribution in [0.15, 0.2) is 46.9 Å². The van der Waals surface area contributed by atoms with Gasteiger partial charge >= 0.3 is 0 Å². The number of hydrogen-bond donors (Lipinski definition) is 1. The summed E-state index contributed by atoms with van der Waals surface area (Å²) in [4.78, 5) is 0. The topological polar surface area (TPSA) is 12.0 Å². The number of halogens is 1. The summed E-state index contributed by atoms with van der Waals surface area (Å²) in [6, 6.07) is 15.8. The van der Waals surface area contributed by atoms with Gasteiger partial charge in [-0.3, -0.25) is 0 Å². The fraction of sp³-hybridized carbons (Fsp3) is 0.368. The standard InChI is InChI=1S/C19H24BrN/c1-5-13(2)15-6-8-16(9-7-15)19(21-4)17-10-11-18(20)14(3)12-17/h6-13,19,21H,5H2,1-4H3. The lowest BCUT2D eigenvalue weighted by molar-refractivity contribution is 0.687. The van der Waals surface area contributed by atoms with Gasteiger partial charge < -0.3 is 5.32 Å². The lowest BCUT2D eigenvalue weighted by Gasteiger charge is -2.19. The van der Waals surface area contributed by atoms with E-state index in [-0.39, 0.29) is 6.04 Å². The number of nitrogens with one attached hydrogen (secondary N) is 1. The van der Waals surface area contributed by atoms with Gasteiger partial charge in [-0.25, -0.2) is 0 Å². The molecule has 0 bridgehead atoms. The first-order valence-electron chi connectivity index (χ1n) is 7.60. The van der Waals surface area contributed by atoms with Crippen molar-refractivity contribution in [2.75, 3.05) is 7.05 Å². The van der Waals surface area contributed by atoms with Crippen molar-refractivity contribution in [3.8, 4) is 0 Å². The first-order chi connectivity index (χ1) is 10.1. The summed E-state index contributed by atoms with van der Waals surface area (Å²) in [5.74, 6) is 0.627. The monoisotopic (exact) mass is 345 g/mol. The lowest BCUT2D eigenvalue weighted by atomic mass is 9.93. The molecule has 0 amide bonds. The van der Waals surface area contributed by atoms with Gasteiger partial charge in [0.25, 0.3) is 0 Å². The van der Waals surface area contributed by atoms with Crippen LogP contribution in [0.2, 0.25) is 0 Å². The van der Waals surface area contributed by atoms with E-state index in [0.29, 0.717) is 5.92 Å². The van der Waals surface area contributed by atoms with Gasteiger partial charge in [0.05, 0.1) is 6.04 Å². The van der Waals surface area contributed by atoms with Crippen molar-refractivity contribution >= 4 is 15.9 Å². The first kappa shape index (κ1) is 16.3. The van der Waals surface area contributed by atoms with Crippen molar-refractivity contribution < 1.29 is 0 Å². The van der Waals surface area contributed by atoms with E-state index in [1.54, 1.807) is 0 Å². The molecule has 0 aromatic heterocycles. The van der Waals surface area contributed by atoms with E-state index in [2.05, 4.69) is 84.5 Å². The molecule has 1 N–H and O–H groups in total. The molecule has 0 aliphatic heterocycles. The van der Waals surface area contributed by atoms with Gasteiger partial charge in [-0.1, -0.05) is 66.2 Å². The Kier molecular flexibility index (Phi) is 5.60. The Morgan fingerprint density at radius 1 is 1.00 bits per heavy atom. The highest BCUT2D eigenvalue weighted by molar-refractivity contribution is 9.10. The van der Waals surface area contributed by atoms with E-state index in [1.165, 1.54) is 28.7 Å². The SMILES string of the molecule is CCC(C)c1ccc(C(NC)c2ccc(Br)c(C)c2)cc1. The van der Waals surface area contributed by atoms with E-state index < -0.39 is 0 Å². The summed E-state index contributed by atoms with van der Waals surface area (Å²) in [5.41, 5.74) is 5.30. The molecule has 0 heterocycles. The summed E-state index contributed by atoms with van der Waals surface area (Å²) in [5, 5.41) is 3.43. The van der Waals surface area contributed by atoms with Crippen LogP contribution >= 0.6 is 15.9 Å². The van der Waals surface area contributed by atoms with Crippen molar-refractivity contribution in [3.05, 3.63) is 69.2 Å². The molecule has 2 aromatic carbocycles. The molecular weight excluding hydrogens is 322 g/mol. The highest BCUT2D eigenvalue weighted by atomic mass is 79.9. The van der Waals surface area contributed by atoms with E-state index in [1.807, 2.05) is 7.05 Å². The molecule has 2 heteroatoms. The third-order valence-corrected chi connectivity index (χ3v) is 5.14. The Bertz CT molecular complexity index is 589. The minimum absolute atomic E-state index is 0.239. The van der Waals surface area contributed by atoms with Crippen molar-refractivity contribution in [3.63, 3.8) is 0 Å². The third-order valence-electron chi connectivity index (χ3n) is 4.26. The molecule has 0 aliphatic rings. The molecular formula is C19H24BrN. The maximum absolute atomic E-state index is 3.57. The summed E-state index contributed by atoms with van der Waals surface area (Å²) >= 11 is 3.57. The van der Waals surface area contributed by atoms with Crippen LogP contribution in [0.3, 0.4) is 0 Å². The molecule has 0 saturated heterocycles. The Morgan fingerprint density at radius 2 is 1.57 bits per heavy atom. The fourth-order valence-corrected chi connectivity index (χ4v) is 2.87. The second-order valence-corrected chi connectivity index (χ2v) is 6.56. The molecule has 2 aromatic rings. The predicted octanol–water partition coefficient (Wildman–Crippen LogP) is 5.58. The highest BCUT2D eigenvalue weighted by Gasteiger charge is 2.13. The highest BCUT2D eigenvalue weighted by Crippen LogP contribution is 2.27. The Morgan fingerprint density at radius 3 is 2.10 bits per heavy atom. The lowest BCUT2D eigenvalue weighted by Crippen LogP contribution is -2.17. The summed E-state index contributed by atoms with van der Waals surface area (Å²) in [7, 11) is 2.02. The predicted molar refractivity (Wildman–Crippen MR) is 94.9 cm³/mol. The molecule has 2 rings (SSSR count). The average Bonchev–Trinajstić information content (AvgIpc) is 2.51. The van der Waals surface area contributed by atoms with Crippen LogP contribution in [0.4, 0.5) is 0 Å². The van der Waals surface area contributed by atoms with Crippen molar-refractivity contribution in [2.24, 2.45) is 0 Å². The van der Waals surface area contributed by atoms with Gasteiger partial charge in [0.1, 0.15) is 0 Å². The largest absolute Gasteiger partial charge is 0.309 e. The van der Waals surface area contributed by atoms with Gasteiger partial charge in [0.15, 0.2) is 0 Å². The minimum atomic E-state index is 0.239. The summed E-state index contributed by atoms with van der Waals surface area (Å²) < 4.78 is 1.16. The quantitative estimate of drug-likeness (QED) is 0.745. The van der Waals surface area contributed by atoms with Gasteiger partial charge in [-0.15, -0.1) is 0 Å². The van der Waals surface area contributed by atoms with Gasteiger partial charge in [-0.2, -0.15) is 0 Å². The molecule has 0 saturated carbocycles. The van der Waals surface area contributed by atoms with Crippen LogP contribution in [0.1, 0.15) is 54.5 Å². The van der Waals surface area contributed by atoms with E-state index in [0.717, 1.165) is 4.47 Å². The van der Waals surface area contributed by atoms with Crippen molar-refractivity contribution in [1.29, 1.82) is 0 Å². The smallest absolute Gasteiger partial charge is 0.0574 e. The second kappa shape index (κ2) is 7.24. The van der Waals surface area contributed by atoms with Crippen molar-refractivity contribution in [1.82, 2.24) is 5.32 Å². The van der Waals surface area contributed by atoms with Crippen LogP contribution in [0, 0.1) is 6.92 Å². The zero-order valence-electron chi connectivity index (χ0n) is 13.3. The van der Waals surface area contributed by atoms with E-state index in [9.17, 15) is 0 Å². The number of aryl methyl sites for hydroxylation is 1. The zero-order chi connectivity index (χ0) is 15.4. The third kappa shape index (κ3) is 3.75. The average molecular weight is 346 g/mol. The first-order valence-corrected chi connectivity index (χ1v) is 8.39. The Balaban J connectivity index is 2.30. The van der Waals surface area contributed by atoms with Crippen LogP contribution in [-0.2, 0) is 0 Å². The molecule has 2 atom stereocenters. The molecule has 0 aliphatic carbocycles. The van der Waals surface area contributed by atoms with E-state index in [4.69, 9.17) is 0 Å². The molecule has 112 valence electrons. The minimum Gasteiger partial charge on any atom is -0.309 e. The Hall–Kier alpha value is -1.12. The summed E-state index contributed by atoms with van der Waals surface area (Å²) in [6.45, 7) is 6.65. The molecule has 2 unspecified atom stereocenters. The Labute approximate surface area is 136 Å². The van der Waals surface area contributed by atoms with Gasteiger partial charge in [0, 0.05) is 4.47 Å². The van der Waals surface area contributed by atoms with Crippen LogP contribution < -0.4 is 5.32 Å². The van der Waals surface area contributed by atoms with Gasteiger partial charge in [-0.05, 0) is 54.6 Å². The molecule has 0 radical (unpaired) electrons. The fourth-order valence-electron chi connectivity index (χ4n) is 2.63. The molecule has 0 spiro atoms. The van der Waals surface area contributed by atoms with Crippen LogP contribution in [0.25, 0.3) is 0 Å². The molecule has 1 nitrogen and oxygen atoms in total. The van der Waals surface area contributed by atoms with E-state index >= 15 is 0 Å². The maximum Gasteiger partial charge on any atom is 0.0574 e. The number of hydrogen-bond acceptors (Lipinski definition) is 1. The normalized spacial score (nSPS) is 14.0. The second-order valence-electron chi connectivity index (χ2n) is 5.71. The molecule has 0 fully saturated rings. The maximum atomic E-state index is 3.57. The van der Waals surface area contributed by atoms with Gasteiger partial charge in [0.2, 0.25) is 0 Å². The van der Waals surface area contributed by atoms with Crippen LogP contribution in [0.5, 0.6) is 0 Å². The molecule has 21 heavy (non-hydrogen) atoms. The number of rotatable bonds is 5.